The molecule has 1 nitrogen and oxygen atoms in total. The van der Waals surface area contributed by atoms with Crippen molar-refractivity contribution in [3.8, 4) is 12.3 Å². The molecule has 2 heteroatoms. The number of nitrogens with zero attached hydrogens (tertiary/aromatic N) is 1. The average molecular weight is 196 g/mol. The standard InChI is InChI=1S/C8H6BrN/c1-2-3-7-4-8(9)6-10-5-7/h1,4-6H,3H2. The summed E-state index contributed by atoms with van der Waals surface area (Å²) in [5.74, 6) is 2.55. The Balaban J connectivity index is 2.87. The van der Waals surface area contributed by atoms with E-state index in [0.717, 1.165) is 10.0 Å². The monoisotopic (exact) mass is 195 g/mol. The average Bonchev–Trinajstić information content (AvgIpc) is 1.88. The minimum Gasteiger partial charge on any atom is -0.263 e. The molecule has 0 saturated heterocycles. The van der Waals surface area contributed by atoms with Crippen LogP contribution < -0.4 is 0 Å². The summed E-state index contributed by atoms with van der Waals surface area (Å²) in [5, 5.41) is 0. The fourth-order valence-electron chi connectivity index (χ4n) is 0.670. The molecule has 50 valence electrons. The summed E-state index contributed by atoms with van der Waals surface area (Å²) >= 11 is 3.30. The number of hydrogen-bond acceptors (Lipinski definition) is 1. The van der Waals surface area contributed by atoms with Gasteiger partial charge in [-0.3, -0.25) is 4.98 Å². The molecule has 0 fully saturated rings. The quantitative estimate of drug-likeness (QED) is 0.626. The van der Waals surface area contributed by atoms with E-state index in [4.69, 9.17) is 6.42 Å². The van der Waals surface area contributed by atoms with E-state index in [1.807, 2.05) is 6.07 Å². The van der Waals surface area contributed by atoms with Gasteiger partial charge in [0.1, 0.15) is 0 Å². The lowest BCUT2D eigenvalue weighted by Crippen LogP contribution is -1.82. The zero-order valence-electron chi connectivity index (χ0n) is 5.34. The molecule has 0 amide bonds. The van der Waals surface area contributed by atoms with Crippen molar-refractivity contribution in [2.75, 3.05) is 0 Å². The number of pyridine rings is 1. The van der Waals surface area contributed by atoms with Crippen LogP contribution in [0.3, 0.4) is 0 Å². The van der Waals surface area contributed by atoms with Gasteiger partial charge in [-0.05, 0) is 27.6 Å². The van der Waals surface area contributed by atoms with E-state index in [9.17, 15) is 0 Å². The van der Waals surface area contributed by atoms with Crippen LogP contribution in [0.2, 0.25) is 0 Å². The van der Waals surface area contributed by atoms with Crippen molar-refractivity contribution in [1.29, 1.82) is 0 Å². The molecule has 10 heavy (non-hydrogen) atoms. The molecular weight excluding hydrogens is 190 g/mol. The van der Waals surface area contributed by atoms with E-state index in [1.54, 1.807) is 12.4 Å². The van der Waals surface area contributed by atoms with Gasteiger partial charge in [0, 0.05) is 23.3 Å². The molecule has 0 radical (unpaired) electrons. The van der Waals surface area contributed by atoms with Gasteiger partial charge in [-0.25, -0.2) is 0 Å². The lowest BCUT2D eigenvalue weighted by atomic mass is 10.2. The van der Waals surface area contributed by atoms with E-state index in [1.165, 1.54) is 0 Å². The second-order valence-corrected chi connectivity index (χ2v) is 2.81. The first-order valence-electron chi connectivity index (χ1n) is 2.86. The molecule has 1 aromatic rings. The molecule has 0 atom stereocenters. The predicted octanol–water partition coefficient (Wildman–Crippen LogP) is 2.02. The van der Waals surface area contributed by atoms with Crippen LogP contribution in [0.1, 0.15) is 5.56 Å². The molecule has 1 aromatic heterocycles. The summed E-state index contributed by atoms with van der Waals surface area (Å²) in [4.78, 5) is 3.96. The van der Waals surface area contributed by atoms with Crippen LogP contribution in [0.5, 0.6) is 0 Å². The maximum atomic E-state index is 5.12. The van der Waals surface area contributed by atoms with E-state index in [2.05, 4.69) is 26.8 Å². The summed E-state index contributed by atoms with van der Waals surface area (Å²) in [5.41, 5.74) is 1.07. The van der Waals surface area contributed by atoms with Gasteiger partial charge in [0.05, 0.1) is 0 Å². The number of rotatable bonds is 1. The van der Waals surface area contributed by atoms with E-state index in [-0.39, 0.29) is 0 Å². The van der Waals surface area contributed by atoms with Crippen LogP contribution in [0, 0.1) is 12.3 Å². The highest BCUT2D eigenvalue weighted by Gasteiger charge is 1.90. The number of terminal acetylenes is 1. The Morgan fingerprint density at radius 1 is 1.60 bits per heavy atom. The van der Waals surface area contributed by atoms with Gasteiger partial charge >= 0.3 is 0 Å². The molecule has 0 unspecified atom stereocenters. The highest BCUT2D eigenvalue weighted by molar-refractivity contribution is 9.10. The van der Waals surface area contributed by atoms with E-state index in [0.29, 0.717) is 6.42 Å². The Bertz CT molecular complexity index is 262. The van der Waals surface area contributed by atoms with Crippen molar-refractivity contribution < 1.29 is 0 Å². The topological polar surface area (TPSA) is 12.9 Å². The lowest BCUT2D eigenvalue weighted by molar-refractivity contribution is 1.20. The van der Waals surface area contributed by atoms with Gasteiger partial charge in [0.2, 0.25) is 0 Å². The molecule has 0 aliphatic carbocycles. The largest absolute Gasteiger partial charge is 0.263 e. The predicted molar refractivity (Wildman–Crippen MR) is 44.5 cm³/mol. The van der Waals surface area contributed by atoms with Gasteiger partial charge in [-0.2, -0.15) is 0 Å². The zero-order chi connectivity index (χ0) is 7.40. The maximum absolute atomic E-state index is 5.12. The van der Waals surface area contributed by atoms with Crippen LogP contribution in [0.4, 0.5) is 0 Å². The van der Waals surface area contributed by atoms with Crippen molar-refractivity contribution in [1.82, 2.24) is 4.98 Å². The third-order valence-electron chi connectivity index (χ3n) is 1.07. The number of hydrogen-bond donors (Lipinski definition) is 0. The molecule has 1 rings (SSSR count). The van der Waals surface area contributed by atoms with Crippen LogP contribution in [-0.2, 0) is 6.42 Å². The Kier molecular flexibility index (Phi) is 2.47. The highest BCUT2D eigenvalue weighted by Crippen LogP contribution is 2.09. The smallest absolute Gasteiger partial charge is 0.0410 e. The van der Waals surface area contributed by atoms with E-state index >= 15 is 0 Å². The summed E-state index contributed by atoms with van der Waals surface area (Å²) in [7, 11) is 0. The molecule has 0 aliphatic heterocycles. The lowest BCUT2D eigenvalue weighted by Gasteiger charge is -1.92. The third-order valence-corrected chi connectivity index (χ3v) is 1.50. The number of aromatic nitrogens is 1. The maximum Gasteiger partial charge on any atom is 0.0410 e. The fraction of sp³-hybridized carbons (Fsp3) is 0.125. The first kappa shape index (κ1) is 7.30. The number of halogens is 1. The van der Waals surface area contributed by atoms with Crippen LogP contribution in [-0.4, -0.2) is 4.98 Å². The third kappa shape index (κ3) is 1.85. The van der Waals surface area contributed by atoms with Gasteiger partial charge in [-0.1, -0.05) is 0 Å². The van der Waals surface area contributed by atoms with Gasteiger partial charge in [0.25, 0.3) is 0 Å². The fourth-order valence-corrected chi connectivity index (χ4v) is 1.08. The van der Waals surface area contributed by atoms with Crippen molar-refractivity contribution >= 4 is 15.9 Å². The minimum atomic E-state index is 0.645. The second-order valence-electron chi connectivity index (χ2n) is 1.89. The first-order valence-corrected chi connectivity index (χ1v) is 3.65. The Morgan fingerprint density at radius 3 is 3.00 bits per heavy atom. The summed E-state index contributed by atoms with van der Waals surface area (Å²) in [6.45, 7) is 0. The van der Waals surface area contributed by atoms with E-state index < -0.39 is 0 Å². The SMILES string of the molecule is C#CCc1cncc(Br)c1. The Labute approximate surface area is 68.6 Å². The first-order chi connectivity index (χ1) is 4.83. The normalized spacial score (nSPS) is 8.80. The molecule has 0 N–H and O–H groups in total. The summed E-state index contributed by atoms with van der Waals surface area (Å²) in [6, 6.07) is 1.97. The summed E-state index contributed by atoms with van der Waals surface area (Å²) < 4.78 is 0.972. The van der Waals surface area contributed by atoms with Crippen molar-refractivity contribution in [2.45, 2.75) is 6.42 Å². The molecular formula is C8H6BrN. The highest BCUT2D eigenvalue weighted by atomic mass is 79.9. The van der Waals surface area contributed by atoms with Crippen LogP contribution >= 0.6 is 15.9 Å². The van der Waals surface area contributed by atoms with Gasteiger partial charge in [0.15, 0.2) is 0 Å². The minimum absolute atomic E-state index is 0.645. The molecule has 1 heterocycles. The Hall–Kier alpha value is -0.810. The molecule has 0 spiro atoms. The van der Waals surface area contributed by atoms with Gasteiger partial charge in [-0.15, -0.1) is 12.3 Å². The van der Waals surface area contributed by atoms with Crippen molar-refractivity contribution in [2.24, 2.45) is 0 Å². The van der Waals surface area contributed by atoms with Crippen molar-refractivity contribution in [3.05, 3.63) is 28.5 Å². The molecule has 0 saturated carbocycles. The van der Waals surface area contributed by atoms with Crippen LogP contribution in [0.15, 0.2) is 22.9 Å². The molecule has 0 bridgehead atoms. The Morgan fingerprint density at radius 2 is 2.40 bits per heavy atom. The van der Waals surface area contributed by atoms with Crippen molar-refractivity contribution in [3.63, 3.8) is 0 Å². The summed E-state index contributed by atoms with van der Waals surface area (Å²) in [6.07, 6.45) is 9.27. The molecule has 0 aliphatic rings. The zero-order valence-corrected chi connectivity index (χ0v) is 6.93. The molecule has 0 aromatic carbocycles. The van der Waals surface area contributed by atoms with Gasteiger partial charge < -0.3 is 0 Å². The van der Waals surface area contributed by atoms with Crippen LogP contribution in [0.25, 0.3) is 0 Å². The second kappa shape index (κ2) is 3.38.